The fourth-order valence-corrected chi connectivity index (χ4v) is 3.91. The number of anilines is 3. The van der Waals surface area contributed by atoms with Gasteiger partial charge in [-0.25, -0.2) is 0 Å². The summed E-state index contributed by atoms with van der Waals surface area (Å²) >= 11 is 0. The molecular formula is C24H27N3O4. The van der Waals surface area contributed by atoms with Gasteiger partial charge in [0.2, 0.25) is 0 Å². The van der Waals surface area contributed by atoms with Crippen LogP contribution in [0.15, 0.2) is 58.1 Å². The van der Waals surface area contributed by atoms with Crippen LogP contribution < -0.4 is 20.7 Å². The Morgan fingerprint density at radius 2 is 1.52 bits per heavy atom. The van der Waals surface area contributed by atoms with Crippen molar-refractivity contribution in [3.8, 4) is 5.75 Å². The Morgan fingerprint density at radius 3 is 2.10 bits per heavy atom. The summed E-state index contributed by atoms with van der Waals surface area (Å²) in [5, 5.41) is 10.7. The highest BCUT2D eigenvalue weighted by Gasteiger charge is 2.32. The van der Waals surface area contributed by atoms with Crippen LogP contribution in [-0.2, 0) is 0 Å². The molecule has 3 aromatic carbocycles. The minimum atomic E-state index is -0.615. The molecule has 0 radical (unpaired) electrons. The van der Waals surface area contributed by atoms with Gasteiger partial charge in [-0.2, -0.15) is 0 Å². The first kappa shape index (κ1) is 22.1. The zero-order chi connectivity index (χ0) is 22.9. The number of phenolic OH excluding ortho intramolecular Hbond substituents is 1. The van der Waals surface area contributed by atoms with Gasteiger partial charge >= 0.3 is 0 Å². The van der Waals surface area contributed by atoms with Gasteiger partial charge < -0.3 is 19.8 Å². The summed E-state index contributed by atoms with van der Waals surface area (Å²) in [6.07, 6.45) is 0.737. The molecule has 7 nitrogen and oxygen atoms in total. The van der Waals surface area contributed by atoms with Crippen LogP contribution in [0, 0.1) is 0 Å². The third kappa shape index (κ3) is 3.79. The number of nitrogens with zero attached hydrogens (tertiary/aromatic N) is 3. The van der Waals surface area contributed by atoms with Gasteiger partial charge in [-0.3, -0.25) is 14.4 Å². The Morgan fingerprint density at radius 1 is 0.903 bits per heavy atom. The topological polar surface area (TPSA) is 81.2 Å². The summed E-state index contributed by atoms with van der Waals surface area (Å²) in [6.45, 7) is 2.02. The van der Waals surface area contributed by atoms with Crippen molar-refractivity contribution < 1.29 is 9.90 Å². The monoisotopic (exact) mass is 421 g/mol. The van der Waals surface area contributed by atoms with E-state index in [4.69, 9.17) is 0 Å². The molecule has 1 atom stereocenters. The number of phenols is 1. The number of carbonyl (C=O) groups excluding carboxylic acids is 1. The van der Waals surface area contributed by atoms with Gasteiger partial charge in [0, 0.05) is 28.2 Å². The molecule has 3 aromatic rings. The molecule has 0 fully saturated rings. The minimum Gasteiger partial charge on any atom is -0.505 e. The smallest absolute Gasteiger partial charge is 0.257 e. The molecule has 3 rings (SSSR count). The quantitative estimate of drug-likeness (QED) is 0.591. The summed E-state index contributed by atoms with van der Waals surface area (Å²) in [7, 11) is 6.59. The Bertz CT molecular complexity index is 1160. The number of hydrogen-bond donors (Lipinski definition) is 1. The predicted molar refractivity (Wildman–Crippen MR) is 123 cm³/mol. The van der Waals surface area contributed by atoms with E-state index in [1.54, 1.807) is 40.3 Å². The highest BCUT2D eigenvalue weighted by molar-refractivity contribution is 5.99. The molecule has 0 saturated carbocycles. The zero-order valence-electron chi connectivity index (χ0n) is 18.4. The molecule has 162 valence electrons. The van der Waals surface area contributed by atoms with E-state index in [9.17, 15) is 19.5 Å². The van der Waals surface area contributed by atoms with Gasteiger partial charge in [0.25, 0.3) is 16.8 Å². The van der Waals surface area contributed by atoms with Gasteiger partial charge in [0.1, 0.15) is 11.4 Å². The Hall–Kier alpha value is -3.61. The summed E-state index contributed by atoms with van der Waals surface area (Å²) < 4.78 is 0. The van der Waals surface area contributed by atoms with Crippen molar-refractivity contribution in [3.63, 3.8) is 0 Å². The third-order valence-electron chi connectivity index (χ3n) is 5.60. The summed E-state index contributed by atoms with van der Waals surface area (Å²) in [5.74, 6) is -0.592. The molecule has 31 heavy (non-hydrogen) atoms. The van der Waals surface area contributed by atoms with E-state index in [0.29, 0.717) is 5.69 Å². The van der Waals surface area contributed by atoms with Crippen molar-refractivity contribution in [2.75, 3.05) is 38.0 Å². The second-order valence-corrected chi connectivity index (χ2v) is 7.73. The lowest BCUT2D eigenvalue weighted by atomic mass is 10.0. The molecule has 0 heterocycles. The van der Waals surface area contributed by atoms with Crippen LogP contribution in [-0.4, -0.2) is 44.1 Å². The van der Waals surface area contributed by atoms with E-state index in [1.807, 2.05) is 42.2 Å². The average molecular weight is 421 g/mol. The van der Waals surface area contributed by atoms with Crippen LogP contribution in [0.25, 0.3) is 0 Å². The van der Waals surface area contributed by atoms with E-state index in [-0.39, 0.29) is 34.6 Å². The molecule has 0 aromatic heterocycles. The lowest BCUT2D eigenvalue weighted by molar-refractivity contribution is 0.0824. The number of carbonyl (C=O) groups is 1. The molecule has 0 saturated heterocycles. The molecule has 0 spiro atoms. The lowest BCUT2D eigenvalue weighted by Crippen LogP contribution is -2.44. The Kier molecular flexibility index (Phi) is 6.15. The summed E-state index contributed by atoms with van der Waals surface area (Å²) in [5.41, 5.74) is 0.768. The molecular weight excluding hydrogens is 394 g/mol. The molecule has 1 amide bonds. The van der Waals surface area contributed by atoms with Gasteiger partial charge in [-0.05, 0) is 24.1 Å². The van der Waals surface area contributed by atoms with Crippen LogP contribution in [0.5, 0.6) is 5.75 Å². The maximum absolute atomic E-state index is 12.6. The van der Waals surface area contributed by atoms with Crippen molar-refractivity contribution in [1.82, 2.24) is 4.90 Å². The molecule has 0 bridgehead atoms. The van der Waals surface area contributed by atoms with Crippen LogP contribution in [0.2, 0.25) is 0 Å². The third-order valence-corrected chi connectivity index (χ3v) is 5.60. The lowest BCUT2D eigenvalue weighted by Gasteiger charge is -2.34. The Labute approximate surface area is 181 Å². The second-order valence-electron chi connectivity index (χ2n) is 7.73. The van der Waals surface area contributed by atoms with Crippen LogP contribution in [0.3, 0.4) is 0 Å². The number of aromatic hydroxyl groups is 1. The number of hydrogen-bond acceptors (Lipinski definition) is 6. The Balaban J connectivity index is 2.04. The first-order valence-electron chi connectivity index (χ1n) is 10.1. The van der Waals surface area contributed by atoms with Crippen LogP contribution >= 0.6 is 0 Å². The minimum absolute atomic E-state index is 0.0908. The maximum atomic E-state index is 12.6. The van der Waals surface area contributed by atoms with Gasteiger partial charge in [-0.15, -0.1) is 0 Å². The second kappa shape index (κ2) is 8.63. The highest BCUT2D eigenvalue weighted by atomic mass is 16.3. The highest BCUT2D eigenvalue weighted by Crippen LogP contribution is 2.39. The van der Waals surface area contributed by atoms with E-state index >= 15 is 0 Å². The normalized spacial score (nSPS) is 11.9. The van der Waals surface area contributed by atoms with Crippen LogP contribution in [0.1, 0.15) is 35.3 Å². The number of para-hydroxylation sites is 1. The van der Waals surface area contributed by atoms with Crippen molar-refractivity contribution in [3.05, 3.63) is 80.1 Å². The van der Waals surface area contributed by atoms with Gasteiger partial charge in [0.05, 0.1) is 17.3 Å². The van der Waals surface area contributed by atoms with Crippen molar-refractivity contribution in [1.29, 1.82) is 0 Å². The predicted octanol–water partition coefficient (Wildman–Crippen LogP) is 3.05. The molecule has 0 aliphatic heterocycles. The van der Waals surface area contributed by atoms with E-state index in [1.165, 1.54) is 15.9 Å². The summed E-state index contributed by atoms with van der Waals surface area (Å²) in [4.78, 5) is 42.1. The first-order valence-corrected chi connectivity index (χ1v) is 10.1. The van der Waals surface area contributed by atoms with Crippen molar-refractivity contribution in [2.24, 2.45) is 0 Å². The SMILES string of the molecule is CC[C@H](c1ccccc1)N(C)c1c(N(C)c2cccc(C(=O)N(C)C)c2O)c(=O)c1=O. The first-order chi connectivity index (χ1) is 14.7. The van der Waals surface area contributed by atoms with E-state index in [2.05, 4.69) is 0 Å². The number of amides is 1. The maximum Gasteiger partial charge on any atom is 0.257 e. The fourth-order valence-electron chi connectivity index (χ4n) is 3.91. The largest absolute Gasteiger partial charge is 0.505 e. The molecule has 0 aliphatic rings. The molecule has 0 aliphatic carbocycles. The summed E-state index contributed by atoms with van der Waals surface area (Å²) in [6, 6.07) is 14.5. The van der Waals surface area contributed by atoms with Crippen molar-refractivity contribution >= 4 is 23.0 Å². The van der Waals surface area contributed by atoms with Crippen LogP contribution in [0.4, 0.5) is 17.1 Å². The molecule has 1 N–H and O–H groups in total. The van der Waals surface area contributed by atoms with Gasteiger partial charge in [0.15, 0.2) is 5.75 Å². The van der Waals surface area contributed by atoms with Crippen molar-refractivity contribution in [2.45, 2.75) is 19.4 Å². The molecule has 7 heteroatoms. The number of benzene rings is 2. The van der Waals surface area contributed by atoms with Gasteiger partial charge in [-0.1, -0.05) is 43.3 Å². The van der Waals surface area contributed by atoms with E-state index in [0.717, 1.165) is 12.0 Å². The number of rotatable bonds is 7. The molecule has 0 unspecified atom stereocenters. The zero-order valence-corrected chi connectivity index (χ0v) is 18.4. The fraction of sp³-hybridized carbons (Fsp3) is 0.292. The van der Waals surface area contributed by atoms with E-state index < -0.39 is 10.9 Å². The standard InChI is InChI=1S/C24H27N3O4/c1-6-17(15-11-8-7-9-12-15)26(4)19-20(23(30)22(19)29)27(5)18-14-10-13-16(21(18)28)24(31)25(2)3/h7-14,17,28H,6H2,1-5H3/t17-/m1/s1. The average Bonchev–Trinajstić information content (AvgIpc) is 2.77.